The first kappa shape index (κ1) is 16.2. The molecule has 0 saturated carbocycles. The van der Waals surface area contributed by atoms with E-state index in [1.807, 2.05) is 12.3 Å². The number of nitrogens with zero attached hydrogens (tertiary/aromatic N) is 1. The predicted octanol–water partition coefficient (Wildman–Crippen LogP) is 3.62. The summed E-state index contributed by atoms with van der Waals surface area (Å²) in [6.07, 6.45) is 10.0. The molecule has 21 heavy (non-hydrogen) atoms. The van der Waals surface area contributed by atoms with E-state index in [2.05, 4.69) is 18.0 Å². The second-order valence-corrected chi connectivity index (χ2v) is 6.23. The molecule has 1 heterocycles. The van der Waals surface area contributed by atoms with E-state index in [4.69, 9.17) is 5.73 Å². The van der Waals surface area contributed by atoms with Gasteiger partial charge in [0, 0.05) is 12.6 Å². The van der Waals surface area contributed by atoms with Crippen molar-refractivity contribution in [3.8, 4) is 0 Å². The van der Waals surface area contributed by atoms with E-state index in [1.54, 1.807) is 0 Å². The highest BCUT2D eigenvalue weighted by Crippen LogP contribution is 2.32. The molecule has 0 spiro atoms. The molecule has 3 heteroatoms. The molecule has 2 rings (SSSR count). The Hall–Kier alpha value is -1.22. The van der Waals surface area contributed by atoms with Crippen LogP contribution in [-0.2, 0) is 11.2 Å². The second-order valence-electron chi connectivity index (χ2n) is 6.23. The molecule has 2 atom stereocenters. The predicted molar refractivity (Wildman–Crippen MR) is 86.2 cm³/mol. The smallest absolute Gasteiger partial charge is 0.141 e. The Morgan fingerprint density at radius 3 is 3.05 bits per heavy atom. The van der Waals surface area contributed by atoms with E-state index in [0.29, 0.717) is 18.1 Å². The van der Waals surface area contributed by atoms with Crippen molar-refractivity contribution in [3.05, 3.63) is 29.6 Å². The minimum atomic E-state index is 0.0371. The van der Waals surface area contributed by atoms with Crippen LogP contribution in [-0.4, -0.2) is 17.3 Å². The fourth-order valence-corrected chi connectivity index (χ4v) is 3.52. The summed E-state index contributed by atoms with van der Waals surface area (Å²) >= 11 is 0. The van der Waals surface area contributed by atoms with Crippen molar-refractivity contribution in [2.45, 2.75) is 64.2 Å². The Bertz CT molecular complexity index is 452. The SMILES string of the molecule is CCCC(CCN)CCC(=O)C1CCCc2cccnc21. The number of ketones is 1. The van der Waals surface area contributed by atoms with Gasteiger partial charge in [0.25, 0.3) is 0 Å². The highest BCUT2D eigenvalue weighted by atomic mass is 16.1. The molecule has 116 valence electrons. The van der Waals surface area contributed by atoms with Crippen LogP contribution in [0, 0.1) is 5.92 Å². The number of pyridine rings is 1. The molecule has 1 aromatic rings. The lowest BCUT2D eigenvalue weighted by molar-refractivity contribution is -0.121. The van der Waals surface area contributed by atoms with Gasteiger partial charge in [0.15, 0.2) is 0 Å². The topological polar surface area (TPSA) is 56.0 Å². The van der Waals surface area contributed by atoms with Gasteiger partial charge < -0.3 is 5.73 Å². The average molecular weight is 288 g/mol. The fourth-order valence-electron chi connectivity index (χ4n) is 3.52. The highest BCUT2D eigenvalue weighted by Gasteiger charge is 2.27. The molecule has 0 bridgehead atoms. The number of Topliss-reactive ketones (excluding diaryl/α,β-unsaturated/α-hetero) is 1. The van der Waals surface area contributed by atoms with Crippen LogP contribution in [0.15, 0.2) is 18.3 Å². The lowest BCUT2D eigenvalue weighted by Gasteiger charge is -2.24. The monoisotopic (exact) mass is 288 g/mol. The van der Waals surface area contributed by atoms with Crippen molar-refractivity contribution in [2.75, 3.05) is 6.54 Å². The van der Waals surface area contributed by atoms with Crippen LogP contribution >= 0.6 is 0 Å². The Morgan fingerprint density at radius 1 is 1.43 bits per heavy atom. The van der Waals surface area contributed by atoms with Crippen molar-refractivity contribution in [3.63, 3.8) is 0 Å². The molecule has 0 amide bonds. The first-order valence-electron chi connectivity index (χ1n) is 8.42. The Kier molecular flexibility index (Phi) is 6.37. The number of hydrogen-bond acceptors (Lipinski definition) is 3. The maximum absolute atomic E-state index is 12.6. The summed E-state index contributed by atoms with van der Waals surface area (Å²) in [6, 6.07) is 4.10. The first-order valence-corrected chi connectivity index (χ1v) is 8.42. The Balaban J connectivity index is 1.95. The molecular formula is C18H28N2O. The van der Waals surface area contributed by atoms with E-state index in [0.717, 1.165) is 44.3 Å². The van der Waals surface area contributed by atoms with Gasteiger partial charge >= 0.3 is 0 Å². The van der Waals surface area contributed by atoms with E-state index < -0.39 is 0 Å². The van der Waals surface area contributed by atoms with Gasteiger partial charge in [-0.1, -0.05) is 25.8 Å². The third-order valence-electron chi connectivity index (χ3n) is 4.65. The van der Waals surface area contributed by atoms with Gasteiger partial charge in [0.2, 0.25) is 0 Å². The minimum Gasteiger partial charge on any atom is -0.330 e. The molecule has 0 fully saturated rings. The molecule has 3 nitrogen and oxygen atoms in total. The molecule has 0 saturated heterocycles. The Labute approximate surface area is 128 Å². The van der Waals surface area contributed by atoms with Gasteiger partial charge in [0.1, 0.15) is 5.78 Å². The highest BCUT2D eigenvalue weighted by molar-refractivity contribution is 5.85. The summed E-state index contributed by atoms with van der Waals surface area (Å²) in [5.74, 6) is 1.03. The number of carbonyl (C=O) groups excluding carboxylic acids is 1. The van der Waals surface area contributed by atoms with Gasteiger partial charge in [-0.3, -0.25) is 9.78 Å². The van der Waals surface area contributed by atoms with E-state index in [-0.39, 0.29) is 5.92 Å². The summed E-state index contributed by atoms with van der Waals surface area (Å²) in [4.78, 5) is 17.1. The number of fused-ring (bicyclic) bond motifs is 1. The van der Waals surface area contributed by atoms with Crippen LogP contribution in [0.1, 0.15) is 69.0 Å². The van der Waals surface area contributed by atoms with Crippen molar-refractivity contribution < 1.29 is 4.79 Å². The van der Waals surface area contributed by atoms with Gasteiger partial charge in [-0.15, -0.1) is 0 Å². The van der Waals surface area contributed by atoms with Crippen LogP contribution in [0.3, 0.4) is 0 Å². The molecule has 0 aromatic carbocycles. The lowest BCUT2D eigenvalue weighted by Crippen LogP contribution is -2.21. The maximum atomic E-state index is 12.6. The number of carbonyl (C=O) groups is 1. The summed E-state index contributed by atoms with van der Waals surface area (Å²) in [5, 5.41) is 0. The maximum Gasteiger partial charge on any atom is 0.141 e. The van der Waals surface area contributed by atoms with Crippen molar-refractivity contribution in [2.24, 2.45) is 11.7 Å². The summed E-state index contributed by atoms with van der Waals surface area (Å²) in [5.41, 5.74) is 7.99. The number of nitrogens with two attached hydrogens (primary N) is 1. The molecule has 1 aliphatic rings. The standard InChI is InChI=1S/C18H28N2O/c1-2-5-14(11-12-19)9-10-17(21)16-8-3-6-15-7-4-13-20-18(15)16/h4,7,13-14,16H,2-3,5-6,8-12,19H2,1H3. The van der Waals surface area contributed by atoms with Gasteiger partial charge in [-0.2, -0.15) is 0 Å². The van der Waals surface area contributed by atoms with Gasteiger partial charge in [-0.25, -0.2) is 0 Å². The quantitative estimate of drug-likeness (QED) is 0.795. The zero-order chi connectivity index (χ0) is 15.1. The van der Waals surface area contributed by atoms with E-state index in [9.17, 15) is 4.79 Å². The fraction of sp³-hybridized carbons (Fsp3) is 0.667. The third kappa shape index (κ3) is 4.37. The molecule has 0 radical (unpaired) electrons. The van der Waals surface area contributed by atoms with Crippen LogP contribution < -0.4 is 5.73 Å². The van der Waals surface area contributed by atoms with Crippen LogP contribution in [0.2, 0.25) is 0 Å². The minimum absolute atomic E-state index is 0.0371. The lowest BCUT2D eigenvalue weighted by atomic mass is 9.81. The summed E-state index contributed by atoms with van der Waals surface area (Å²) in [7, 11) is 0. The largest absolute Gasteiger partial charge is 0.330 e. The molecule has 0 aliphatic heterocycles. The molecule has 2 N–H and O–H groups in total. The van der Waals surface area contributed by atoms with Crippen LogP contribution in [0.4, 0.5) is 0 Å². The molecular weight excluding hydrogens is 260 g/mol. The Morgan fingerprint density at radius 2 is 2.29 bits per heavy atom. The van der Waals surface area contributed by atoms with E-state index >= 15 is 0 Å². The number of aryl methyl sites for hydroxylation is 1. The van der Waals surface area contributed by atoms with Crippen LogP contribution in [0.5, 0.6) is 0 Å². The molecule has 2 unspecified atom stereocenters. The molecule has 1 aliphatic carbocycles. The second kappa shape index (κ2) is 8.28. The number of rotatable bonds is 8. The van der Waals surface area contributed by atoms with Crippen molar-refractivity contribution >= 4 is 5.78 Å². The van der Waals surface area contributed by atoms with Crippen molar-refractivity contribution in [1.82, 2.24) is 4.98 Å². The van der Waals surface area contributed by atoms with Gasteiger partial charge in [-0.05, 0) is 56.2 Å². The average Bonchev–Trinajstić information content (AvgIpc) is 2.52. The summed E-state index contributed by atoms with van der Waals surface area (Å²) < 4.78 is 0. The number of aromatic nitrogens is 1. The summed E-state index contributed by atoms with van der Waals surface area (Å²) in [6.45, 7) is 2.93. The van der Waals surface area contributed by atoms with E-state index in [1.165, 1.54) is 18.4 Å². The van der Waals surface area contributed by atoms with Crippen LogP contribution in [0.25, 0.3) is 0 Å². The third-order valence-corrected chi connectivity index (χ3v) is 4.65. The van der Waals surface area contributed by atoms with Crippen molar-refractivity contribution in [1.29, 1.82) is 0 Å². The first-order chi connectivity index (χ1) is 10.3. The zero-order valence-corrected chi connectivity index (χ0v) is 13.2. The normalized spacial score (nSPS) is 19.0. The zero-order valence-electron chi connectivity index (χ0n) is 13.2. The molecule has 1 aromatic heterocycles. The number of hydrogen-bond donors (Lipinski definition) is 1. The van der Waals surface area contributed by atoms with Gasteiger partial charge in [0.05, 0.1) is 11.6 Å².